The number of nitrogens with zero attached hydrogens (tertiary/aromatic N) is 3. The molecule has 2 aromatic carbocycles. The first kappa shape index (κ1) is 37.7. The fraction of sp³-hybridized carbons (Fsp3) is 0.500. The number of fused-ring (bicyclic) bond motifs is 4. The van der Waals surface area contributed by atoms with E-state index in [1.807, 2.05) is 56.9 Å². The second-order valence-electron chi connectivity index (χ2n) is 15.4. The van der Waals surface area contributed by atoms with Crippen LogP contribution in [0.4, 0.5) is 9.59 Å². The van der Waals surface area contributed by atoms with Gasteiger partial charge in [-0.05, 0) is 79.3 Å². The lowest BCUT2D eigenvalue weighted by Gasteiger charge is -2.42. The van der Waals surface area contributed by atoms with Gasteiger partial charge in [-0.2, -0.15) is 0 Å². The average molecular weight is 755 g/mol. The zero-order chi connectivity index (χ0) is 39.0. The van der Waals surface area contributed by atoms with E-state index in [1.165, 1.54) is 14.2 Å². The molecule has 0 unspecified atom stereocenters. The smallest absolute Gasteiger partial charge is 0.407 e. The van der Waals surface area contributed by atoms with Gasteiger partial charge in [0.1, 0.15) is 29.5 Å². The van der Waals surface area contributed by atoms with Gasteiger partial charge in [-0.3, -0.25) is 9.59 Å². The Morgan fingerprint density at radius 3 is 2.25 bits per heavy atom. The number of aromatic nitrogens is 4. The van der Waals surface area contributed by atoms with E-state index in [9.17, 15) is 19.2 Å². The van der Waals surface area contributed by atoms with Gasteiger partial charge in [0.2, 0.25) is 11.8 Å². The fourth-order valence-corrected chi connectivity index (χ4v) is 7.87. The molecule has 2 aromatic heterocycles. The second kappa shape index (κ2) is 15.3. The third kappa shape index (κ3) is 7.31. The van der Waals surface area contributed by atoms with Crippen molar-refractivity contribution in [3.63, 3.8) is 0 Å². The maximum Gasteiger partial charge on any atom is 0.407 e. The Morgan fingerprint density at radius 1 is 0.891 bits per heavy atom. The molecule has 4 heterocycles. The van der Waals surface area contributed by atoms with Crippen molar-refractivity contribution in [1.82, 2.24) is 40.8 Å². The number of nitrogens with one attached hydrogen (secondary N) is 5. The van der Waals surface area contributed by atoms with Gasteiger partial charge in [0.25, 0.3) is 0 Å². The van der Waals surface area contributed by atoms with E-state index < -0.39 is 29.8 Å². The number of rotatable bonds is 10. The first-order valence-corrected chi connectivity index (χ1v) is 19.1. The third-order valence-corrected chi connectivity index (χ3v) is 11.1. The average Bonchev–Trinajstić information content (AvgIpc) is 3.90. The molecule has 7 rings (SSSR count). The fourth-order valence-electron chi connectivity index (χ4n) is 7.87. The number of aromatic amines is 2. The summed E-state index contributed by atoms with van der Waals surface area (Å²) in [7, 11) is 2.57. The minimum absolute atomic E-state index is 0.122. The first-order valence-electron chi connectivity index (χ1n) is 19.1. The number of imidazole rings is 2. The van der Waals surface area contributed by atoms with E-state index in [2.05, 4.69) is 38.1 Å². The molecule has 55 heavy (non-hydrogen) atoms. The number of hydrogen-bond donors (Lipinski definition) is 5. The van der Waals surface area contributed by atoms with Crippen LogP contribution in [-0.4, -0.2) is 88.3 Å². The number of benzene rings is 2. The highest BCUT2D eigenvalue weighted by molar-refractivity contribution is 5.88. The SMILES string of the molecule is COC(=O)N[C@H](C(=O)NC1(c2nc3ccc(-c4ccc5c(c4)OCCc4[nH]c([C@@H]6CCCN6C(=O)[C@@H](NC(=O)OC)C(C)C)nc4-5)cc3[nH]2)CCC1)C(C)C. The molecule has 15 nitrogen and oxygen atoms in total. The molecular formula is C40H50N8O7. The zero-order valence-corrected chi connectivity index (χ0v) is 32.2. The van der Waals surface area contributed by atoms with Crippen molar-refractivity contribution in [1.29, 1.82) is 0 Å². The molecule has 1 saturated carbocycles. The number of carbonyl (C=O) groups is 4. The number of alkyl carbamates (subject to hydrolysis) is 2. The second-order valence-corrected chi connectivity index (χ2v) is 15.4. The van der Waals surface area contributed by atoms with E-state index in [1.54, 1.807) is 0 Å². The van der Waals surface area contributed by atoms with Crippen LogP contribution in [0.15, 0.2) is 36.4 Å². The van der Waals surface area contributed by atoms with Crippen LogP contribution in [0, 0.1) is 11.8 Å². The topological polar surface area (TPSA) is 193 Å². The zero-order valence-electron chi connectivity index (χ0n) is 32.2. The predicted octanol–water partition coefficient (Wildman–Crippen LogP) is 5.48. The molecular weight excluding hydrogens is 704 g/mol. The number of likely N-dealkylation sites (tertiary alicyclic amines) is 1. The summed E-state index contributed by atoms with van der Waals surface area (Å²) in [5, 5.41) is 8.56. The van der Waals surface area contributed by atoms with Gasteiger partial charge in [0.15, 0.2) is 0 Å². The number of ether oxygens (including phenoxy) is 3. The summed E-state index contributed by atoms with van der Waals surface area (Å²) in [6.45, 7) is 8.59. The van der Waals surface area contributed by atoms with Gasteiger partial charge in [-0.15, -0.1) is 0 Å². The molecule has 2 aliphatic heterocycles. The summed E-state index contributed by atoms with van der Waals surface area (Å²) in [5.41, 5.74) is 5.54. The van der Waals surface area contributed by atoms with Crippen molar-refractivity contribution >= 4 is 35.0 Å². The Hall–Kier alpha value is -5.60. The summed E-state index contributed by atoms with van der Waals surface area (Å²) in [6, 6.07) is 10.5. The van der Waals surface area contributed by atoms with Crippen LogP contribution >= 0.6 is 0 Å². The van der Waals surface area contributed by atoms with Gasteiger partial charge < -0.3 is 45.0 Å². The molecule has 0 bridgehead atoms. The Bertz CT molecular complexity index is 2100. The van der Waals surface area contributed by atoms with Gasteiger partial charge in [-0.1, -0.05) is 39.8 Å². The molecule has 5 N–H and O–H groups in total. The highest BCUT2D eigenvalue weighted by Crippen LogP contribution is 2.42. The summed E-state index contributed by atoms with van der Waals surface area (Å²) in [4.78, 5) is 69.9. The van der Waals surface area contributed by atoms with E-state index in [-0.39, 0.29) is 29.7 Å². The van der Waals surface area contributed by atoms with Crippen molar-refractivity contribution in [2.45, 2.75) is 89.9 Å². The Kier molecular flexibility index (Phi) is 10.5. The minimum Gasteiger partial charge on any atom is -0.492 e. The number of carbonyl (C=O) groups excluding carboxylic acids is 4. The minimum atomic E-state index is -0.749. The maximum absolute atomic E-state index is 13.7. The number of amides is 4. The maximum atomic E-state index is 13.7. The van der Waals surface area contributed by atoms with Crippen LogP contribution in [0.2, 0.25) is 0 Å². The lowest BCUT2D eigenvalue weighted by atomic mass is 9.75. The van der Waals surface area contributed by atoms with Gasteiger partial charge in [0, 0.05) is 24.2 Å². The highest BCUT2D eigenvalue weighted by Gasteiger charge is 2.44. The van der Waals surface area contributed by atoms with Crippen molar-refractivity contribution < 1.29 is 33.4 Å². The van der Waals surface area contributed by atoms with Crippen molar-refractivity contribution in [3.8, 4) is 28.1 Å². The highest BCUT2D eigenvalue weighted by atomic mass is 16.5. The Labute approximate surface area is 319 Å². The van der Waals surface area contributed by atoms with Crippen LogP contribution in [-0.2, 0) is 31.0 Å². The summed E-state index contributed by atoms with van der Waals surface area (Å²) >= 11 is 0. The molecule has 0 radical (unpaired) electrons. The first-order chi connectivity index (χ1) is 26.4. The summed E-state index contributed by atoms with van der Waals surface area (Å²) in [5.74, 6) is 1.45. The van der Waals surface area contributed by atoms with Gasteiger partial charge in [0.05, 0.1) is 49.1 Å². The van der Waals surface area contributed by atoms with E-state index in [0.717, 1.165) is 82.8 Å². The van der Waals surface area contributed by atoms with Crippen molar-refractivity contribution in [3.05, 3.63) is 53.7 Å². The standard InChI is InChI=1S/C40H50N8O7/c1-21(2)31(45-38(51)53-5)35(49)47-40(15-8-16-40)37-42-26-13-11-23(19-28(26)43-37)24-10-12-25-30(20-24)55-18-14-27-33(25)44-34(41-27)29-9-7-17-48(29)36(50)32(22(3)4)46-39(52)54-6/h10-13,19-22,29,31-32H,7-9,14-18H2,1-6H3,(H,41,44)(H,42,43)(H,45,51)(H,46,52)(H,47,49)/t29-,31-,32-/m0/s1. The number of hydrogen-bond acceptors (Lipinski definition) is 9. The Balaban J connectivity index is 1.12. The van der Waals surface area contributed by atoms with Crippen LogP contribution in [0.25, 0.3) is 33.4 Å². The van der Waals surface area contributed by atoms with Crippen LogP contribution in [0.1, 0.15) is 83.2 Å². The molecule has 4 aromatic rings. The number of methoxy groups -OCH3 is 2. The lowest BCUT2D eigenvalue weighted by Crippen LogP contribution is -2.58. The van der Waals surface area contributed by atoms with E-state index in [0.29, 0.717) is 25.4 Å². The molecule has 292 valence electrons. The molecule has 1 aliphatic carbocycles. The quantitative estimate of drug-likeness (QED) is 0.140. The van der Waals surface area contributed by atoms with Gasteiger partial charge >= 0.3 is 12.2 Å². The monoisotopic (exact) mass is 754 g/mol. The van der Waals surface area contributed by atoms with Crippen molar-refractivity contribution in [2.24, 2.45) is 11.8 Å². The van der Waals surface area contributed by atoms with Gasteiger partial charge in [-0.25, -0.2) is 19.6 Å². The number of H-pyrrole nitrogens is 2. The van der Waals surface area contributed by atoms with Crippen LogP contribution in [0.3, 0.4) is 0 Å². The summed E-state index contributed by atoms with van der Waals surface area (Å²) < 4.78 is 15.8. The van der Waals surface area contributed by atoms with E-state index >= 15 is 0 Å². The van der Waals surface area contributed by atoms with E-state index in [4.69, 9.17) is 24.2 Å². The predicted molar refractivity (Wildman–Crippen MR) is 204 cm³/mol. The largest absolute Gasteiger partial charge is 0.492 e. The molecule has 3 aliphatic rings. The van der Waals surface area contributed by atoms with Crippen LogP contribution in [0.5, 0.6) is 5.75 Å². The molecule has 15 heteroatoms. The summed E-state index contributed by atoms with van der Waals surface area (Å²) in [6.07, 6.45) is 3.34. The molecule has 4 amide bonds. The molecule has 0 spiro atoms. The van der Waals surface area contributed by atoms with Crippen LogP contribution < -0.4 is 20.7 Å². The normalized spacial score (nSPS) is 18.3. The lowest BCUT2D eigenvalue weighted by molar-refractivity contribution is -0.135. The third-order valence-electron chi connectivity index (χ3n) is 11.1. The molecule has 2 fully saturated rings. The molecule has 3 atom stereocenters. The molecule has 1 saturated heterocycles. The van der Waals surface area contributed by atoms with Crippen molar-refractivity contribution in [2.75, 3.05) is 27.4 Å². The Morgan fingerprint density at radius 2 is 1.58 bits per heavy atom.